The van der Waals surface area contributed by atoms with Gasteiger partial charge < -0.3 is 0 Å². The Balaban J connectivity index is 0.998. The van der Waals surface area contributed by atoms with Gasteiger partial charge in [0, 0.05) is 43.1 Å². The molecule has 0 amide bonds. The van der Waals surface area contributed by atoms with Gasteiger partial charge in [0.2, 0.25) is 0 Å². The number of pyridine rings is 1. The van der Waals surface area contributed by atoms with Gasteiger partial charge in [0.15, 0.2) is 5.82 Å². The maximum absolute atomic E-state index is 5.39. The first-order valence-electron chi connectivity index (χ1n) is 19.2. The van der Waals surface area contributed by atoms with Crippen molar-refractivity contribution < 1.29 is 0 Å². The topological polar surface area (TPSA) is 38.7 Å². The third-order valence-corrected chi connectivity index (χ3v) is 12.1. The van der Waals surface area contributed by atoms with Crippen molar-refractivity contribution in [3.63, 3.8) is 0 Å². The average molecular weight is 744 g/mol. The minimum atomic E-state index is 0.702. The highest BCUT2D eigenvalue weighted by molar-refractivity contribution is 7.26. The lowest BCUT2D eigenvalue weighted by Crippen LogP contribution is -1.96. The zero-order chi connectivity index (χ0) is 37.7. The molecular weight excluding hydrogens is 711 g/mol. The lowest BCUT2D eigenvalue weighted by atomic mass is 9.96. The highest BCUT2D eigenvalue weighted by atomic mass is 32.1. The number of aromatic nitrogens is 3. The van der Waals surface area contributed by atoms with Crippen LogP contribution in [0.1, 0.15) is 0 Å². The van der Waals surface area contributed by atoms with Crippen molar-refractivity contribution in [2.75, 3.05) is 0 Å². The maximum Gasteiger partial charge on any atom is 0.160 e. The Morgan fingerprint density at radius 1 is 0.333 bits per heavy atom. The Kier molecular flexibility index (Phi) is 8.01. The zero-order valence-corrected chi connectivity index (χ0v) is 31.6. The first-order chi connectivity index (χ1) is 28.2. The molecule has 0 fully saturated rings. The van der Waals surface area contributed by atoms with Gasteiger partial charge in [-0.15, -0.1) is 11.3 Å². The van der Waals surface area contributed by atoms with Crippen LogP contribution in [0.5, 0.6) is 0 Å². The highest BCUT2D eigenvalue weighted by Crippen LogP contribution is 2.45. The fraction of sp³-hybridized carbons (Fsp3) is 0. The Labute approximate surface area is 334 Å². The largest absolute Gasteiger partial charge is 0.246 e. The molecule has 0 N–H and O–H groups in total. The summed E-state index contributed by atoms with van der Waals surface area (Å²) in [5.41, 5.74) is 12.6. The molecule has 0 spiro atoms. The summed E-state index contributed by atoms with van der Waals surface area (Å²) in [4.78, 5) is 15.6. The van der Waals surface area contributed by atoms with E-state index in [-0.39, 0.29) is 0 Å². The molecule has 0 radical (unpaired) electrons. The van der Waals surface area contributed by atoms with Gasteiger partial charge in [-0.05, 0) is 63.4 Å². The number of thiophene rings is 1. The van der Waals surface area contributed by atoms with Crippen molar-refractivity contribution in [2.45, 2.75) is 0 Å². The van der Waals surface area contributed by atoms with Gasteiger partial charge in [-0.1, -0.05) is 170 Å². The molecule has 266 valence electrons. The molecule has 57 heavy (non-hydrogen) atoms. The van der Waals surface area contributed by atoms with Gasteiger partial charge in [0.1, 0.15) is 0 Å². The molecule has 0 saturated heterocycles. The van der Waals surface area contributed by atoms with E-state index in [1.807, 2.05) is 35.6 Å². The molecule has 3 nitrogen and oxygen atoms in total. The molecule has 0 saturated carbocycles. The van der Waals surface area contributed by atoms with E-state index in [1.54, 1.807) is 0 Å². The smallest absolute Gasteiger partial charge is 0.160 e. The molecule has 8 aromatic carbocycles. The van der Waals surface area contributed by atoms with Crippen molar-refractivity contribution in [1.29, 1.82) is 0 Å². The summed E-state index contributed by atoms with van der Waals surface area (Å²) < 4.78 is 2.49. The van der Waals surface area contributed by atoms with Crippen LogP contribution in [0.2, 0.25) is 0 Å². The van der Waals surface area contributed by atoms with Crippen LogP contribution in [0.15, 0.2) is 200 Å². The summed E-state index contributed by atoms with van der Waals surface area (Å²) in [6.45, 7) is 0. The first kappa shape index (κ1) is 33.1. The van der Waals surface area contributed by atoms with Crippen LogP contribution in [-0.4, -0.2) is 15.0 Å². The molecule has 0 atom stereocenters. The van der Waals surface area contributed by atoms with Crippen LogP contribution in [-0.2, 0) is 0 Å². The van der Waals surface area contributed by atoms with Crippen LogP contribution >= 0.6 is 11.3 Å². The first-order valence-corrected chi connectivity index (χ1v) is 20.0. The van der Waals surface area contributed by atoms with Crippen molar-refractivity contribution in [3.05, 3.63) is 200 Å². The Bertz CT molecular complexity index is 3280. The SMILES string of the molecule is c1ccc(-c2cccc(-c3cc(-c4ccc(-c5cccc(-c6nc7ccc8ccccc8c7c7c6sc6ccccc67)c5)cc4)nc(-c4ccccc4)n3)c2)cc1. The Hall–Kier alpha value is -7.27. The molecule has 0 aliphatic heterocycles. The number of nitrogens with zero attached hydrogens (tertiary/aromatic N) is 3. The summed E-state index contributed by atoms with van der Waals surface area (Å²) >= 11 is 1.83. The number of hydrogen-bond acceptors (Lipinski definition) is 4. The summed E-state index contributed by atoms with van der Waals surface area (Å²) in [5.74, 6) is 0.702. The second kappa shape index (κ2) is 13.8. The van der Waals surface area contributed by atoms with E-state index in [2.05, 4.69) is 176 Å². The standard InChI is InChI=1S/C53H33N3S/c1-3-13-34(14-4-1)39-18-11-20-41(31-39)47-33-46(55-53(56-47)38-16-5-2-6-17-38)37-27-25-35(26-28-37)40-19-12-21-42(32-40)51-52-50(44-23-9-10-24-48(44)57-52)49-43-22-8-7-15-36(43)29-30-45(49)54-51/h1-33H. The minimum Gasteiger partial charge on any atom is -0.246 e. The molecular formula is C53H33N3S. The summed E-state index contributed by atoms with van der Waals surface area (Å²) in [5, 5.41) is 6.26. The highest BCUT2D eigenvalue weighted by Gasteiger charge is 2.18. The summed E-state index contributed by atoms with van der Waals surface area (Å²) in [6, 6.07) is 70.7. The molecule has 3 aromatic heterocycles. The number of benzene rings is 8. The van der Waals surface area contributed by atoms with E-state index < -0.39 is 0 Å². The van der Waals surface area contributed by atoms with Gasteiger partial charge >= 0.3 is 0 Å². The van der Waals surface area contributed by atoms with E-state index >= 15 is 0 Å². The minimum absolute atomic E-state index is 0.702. The Morgan fingerprint density at radius 2 is 0.895 bits per heavy atom. The maximum atomic E-state index is 5.39. The average Bonchev–Trinajstić information content (AvgIpc) is 3.69. The molecule has 4 heteroatoms. The molecule has 3 heterocycles. The second-order valence-electron chi connectivity index (χ2n) is 14.4. The molecule has 0 unspecified atom stereocenters. The fourth-order valence-corrected chi connectivity index (χ4v) is 9.29. The fourth-order valence-electron chi connectivity index (χ4n) is 8.07. The van der Waals surface area contributed by atoms with Gasteiger partial charge in [0.05, 0.1) is 27.3 Å². The third-order valence-electron chi connectivity index (χ3n) is 10.9. The zero-order valence-electron chi connectivity index (χ0n) is 30.8. The summed E-state index contributed by atoms with van der Waals surface area (Å²) in [7, 11) is 0. The van der Waals surface area contributed by atoms with Gasteiger partial charge in [-0.2, -0.15) is 0 Å². The monoisotopic (exact) mass is 743 g/mol. The van der Waals surface area contributed by atoms with Crippen LogP contribution in [0.25, 0.3) is 109 Å². The normalized spacial score (nSPS) is 11.5. The van der Waals surface area contributed by atoms with Crippen LogP contribution in [0.4, 0.5) is 0 Å². The van der Waals surface area contributed by atoms with E-state index in [9.17, 15) is 0 Å². The lowest BCUT2D eigenvalue weighted by Gasteiger charge is -2.12. The van der Waals surface area contributed by atoms with Gasteiger partial charge in [0.25, 0.3) is 0 Å². The van der Waals surface area contributed by atoms with Crippen LogP contribution < -0.4 is 0 Å². The van der Waals surface area contributed by atoms with E-state index in [0.29, 0.717) is 5.82 Å². The number of hydrogen-bond donors (Lipinski definition) is 0. The van der Waals surface area contributed by atoms with Crippen molar-refractivity contribution in [3.8, 4) is 67.4 Å². The van der Waals surface area contributed by atoms with E-state index in [0.717, 1.165) is 61.5 Å². The van der Waals surface area contributed by atoms with E-state index in [4.69, 9.17) is 15.0 Å². The van der Waals surface area contributed by atoms with Crippen LogP contribution in [0, 0.1) is 0 Å². The van der Waals surface area contributed by atoms with Crippen LogP contribution in [0.3, 0.4) is 0 Å². The quantitative estimate of drug-likeness (QED) is 0.159. The molecule has 0 aliphatic rings. The molecule has 11 rings (SSSR count). The van der Waals surface area contributed by atoms with Gasteiger partial charge in [-0.3, -0.25) is 0 Å². The Morgan fingerprint density at radius 3 is 1.67 bits per heavy atom. The molecule has 11 aromatic rings. The van der Waals surface area contributed by atoms with Crippen molar-refractivity contribution in [1.82, 2.24) is 15.0 Å². The lowest BCUT2D eigenvalue weighted by molar-refractivity contribution is 1.18. The second-order valence-corrected chi connectivity index (χ2v) is 15.4. The van der Waals surface area contributed by atoms with E-state index in [1.165, 1.54) is 41.9 Å². The summed E-state index contributed by atoms with van der Waals surface area (Å²) in [6.07, 6.45) is 0. The number of rotatable bonds is 6. The van der Waals surface area contributed by atoms with Crippen molar-refractivity contribution >= 4 is 53.2 Å². The molecule has 0 aliphatic carbocycles. The third kappa shape index (κ3) is 5.95. The molecule has 0 bridgehead atoms. The predicted octanol–water partition coefficient (Wildman–Crippen LogP) is 14.5. The predicted molar refractivity (Wildman–Crippen MR) is 240 cm³/mol. The number of fused-ring (bicyclic) bond motifs is 7. The van der Waals surface area contributed by atoms with Gasteiger partial charge in [-0.25, -0.2) is 15.0 Å². The van der Waals surface area contributed by atoms with Crippen molar-refractivity contribution in [2.24, 2.45) is 0 Å².